The first-order chi connectivity index (χ1) is 12.9. The van der Waals surface area contributed by atoms with Gasteiger partial charge in [0.2, 0.25) is 0 Å². The van der Waals surface area contributed by atoms with E-state index in [1.807, 2.05) is 24.3 Å². The van der Waals surface area contributed by atoms with Gasteiger partial charge in [-0.3, -0.25) is 9.59 Å². The van der Waals surface area contributed by atoms with E-state index in [-0.39, 0.29) is 17.3 Å². The van der Waals surface area contributed by atoms with Crippen LogP contribution in [0.3, 0.4) is 0 Å². The van der Waals surface area contributed by atoms with Gasteiger partial charge in [-0.05, 0) is 25.1 Å². The lowest BCUT2D eigenvalue weighted by Gasteiger charge is -2.13. The van der Waals surface area contributed by atoms with Gasteiger partial charge in [-0.1, -0.05) is 35.3 Å². The van der Waals surface area contributed by atoms with E-state index in [2.05, 4.69) is 15.3 Å². The number of anilines is 1. The quantitative estimate of drug-likeness (QED) is 0.590. The molecule has 0 spiro atoms. The summed E-state index contributed by atoms with van der Waals surface area (Å²) in [5.41, 5.74) is 0.908. The summed E-state index contributed by atoms with van der Waals surface area (Å²) in [5, 5.41) is 3.91. The van der Waals surface area contributed by atoms with Gasteiger partial charge in [0.05, 0.1) is 31.7 Å². The molecule has 0 aliphatic rings. The summed E-state index contributed by atoms with van der Waals surface area (Å²) in [6, 6.07) is 9.23. The molecule has 0 fully saturated rings. The Morgan fingerprint density at radius 3 is 2.81 bits per heavy atom. The van der Waals surface area contributed by atoms with Crippen molar-refractivity contribution < 1.29 is 14.3 Å². The molecule has 9 heteroatoms. The molecule has 6 nitrogen and oxygen atoms in total. The molecule has 1 unspecified atom stereocenters. The van der Waals surface area contributed by atoms with E-state index in [1.165, 1.54) is 30.5 Å². The largest absolute Gasteiger partial charge is 0.453 e. The van der Waals surface area contributed by atoms with Gasteiger partial charge in [-0.15, -0.1) is 11.3 Å². The molecule has 0 aliphatic carbocycles. The molecule has 1 N–H and O–H groups in total. The summed E-state index contributed by atoms with van der Waals surface area (Å²) in [7, 11) is 0. The minimum Gasteiger partial charge on any atom is -0.453 e. The highest BCUT2D eigenvalue weighted by Crippen LogP contribution is 2.23. The molecular formula is C18H15Cl2N3O3S. The van der Waals surface area contributed by atoms with Crippen molar-refractivity contribution >= 4 is 62.4 Å². The number of ether oxygens (including phenoxy) is 1. The molecular weight excluding hydrogens is 409 g/mol. The van der Waals surface area contributed by atoms with Gasteiger partial charge in [-0.25, -0.2) is 9.97 Å². The summed E-state index contributed by atoms with van der Waals surface area (Å²) < 4.78 is 6.24. The molecule has 1 atom stereocenters. The number of amides is 1. The molecule has 2 aromatic heterocycles. The zero-order valence-corrected chi connectivity index (χ0v) is 16.6. The van der Waals surface area contributed by atoms with E-state index in [0.29, 0.717) is 11.4 Å². The third-order valence-electron chi connectivity index (χ3n) is 3.61. The van der Waals surface area contributed by atoms with Crippen LogP contribution in [0.15, 0.2) is 36.5 Å². The van der Waals surface area contributed by atoms with Crippen LogP contribution in [0.1, 0.15) is 18.4 Å². The molecule has 0 saturated heterocycles. The standard InChI is InChI=1S/C18H15Cl2N3O3S/c1-10(18(25)23-17-12(20)8-11(19)9-21-17)26-16(24)7-6-15-22-13-4-2-3-5-14(13)27-15/h2-5,8-10H,6-7H2,1H3,(H,21,23,25). The molecule has 3 aromatic rings. The number of halogens is 2. The van der Waals surface area contributed by atoms with Crippen LogP contribution in [0.25, 0.3) is 10.2 Å². The van der Waals surface area contributed by atoms with E-state index >= 15 is 0 Å². The fourth-order valence-corrected chi connectivity index (χ4v) is 3.66. The number of hydrogen-bond acceptors (Lipinski definition) is 6. The third-order valence-corrected chi connectivity index (χ3v) is 5.20. The van der Waals surface area contributed by atoms with Crippen molar-refractivity contribution in [2.75, 3.05) is 5.32 Å². The lowest BCUT2D eigenvalue weighted by Crippen LogP contribution is -2.30. The molecule has 27 heavy (non-hydrogen) atoms. The number of rotatable bonds is 6. The predicted molar refractivity (Wildman–Crippen MR) is 106 cm³/mol. The first-order valence-corrected chi connectivity index (χ1v) is 9.65. The number of para-hydroxylation sites is 1. The van der Waals surface area contributed by atoms with Gasteiger partial charge in [-0.2, -0.15) is 0 Å². The summed E-state index contributed by atoms with van der Waals surface area (Å²) in [6.07, 6.45) is 0.966. The van der Waals surface area contributed by atoms with Crippen molar-refractivity contribution in [3.63, 3.8) is 0 Å². The summed E-state index contributed by atoms with van der Waals surface area (Å²) in [4.78, 5) is 32.6. The normalized spacial score (nSPS) is 12.0. The van der Waals surface area contributed by atoms with E-state index in [1.54, 1.807) is 0 Å². The van der Waals surface area contributed by atoms with Crippen LogP contribution in [0, 0.1) is 0 Å². The zero-order valence-electron chi connectivity index (χ0n) is 14.2. The van der Waals surface area contributed by atoms with Gasteiger partial charge in [0.1, 0.15) is 0 Å². The van der Waals surface area contributed by atoms with Gasteiger partial charge in [0, 0.05) is 12.6 Å². The lowest BCUT2D eigenvalue weighted by molar-refractivity contribution is -0.153. The fraction of sp³-hybridized carbons (Fsp3) is 0.222. The highest BCUT2D eigenvalue weighted by molar-refractivity contribution is 7.18. The number of benzene rings is 1. The molecule has 0 radical (unpaired) electrons. The summed E-state index contributed by atoms with van der Waals surface area (Å²) in [5.74, 6) is -0.851. The summed E-state index contributed by atoms with van der Waals surface area (Å²) in [6.45, 7) is 1.48. The monoisotopic (exact) mass is 423 g/mol. The predicted octanol–water partition coefficient (Wildman–Crippen LogP) is 4.50. The topological polar surface area (TPSA) is 81.2 Å². The van der Waals surface area contributed by atoms with Crippen LogP contribution >= 0.6 is 34.5 Å². The summed E-state index contributed by atoms with van der Waals surface area (Å²) >= 11 is 13.3. The first kappa shape index (κ1) is 19.5. The number of nitrogens with one attached hydrogen (secondary N) is 1. The number of hydrogen-bond donors (Lipinski definition) is 1. The van der Waals surface area contributed by atoms with Crippen molar-refractivity contribution in [1.82, 2.24) is 9.97 Å². The number of fused-ring (bicyclic) bond motifs is 1. The van der Waals surface area contributed by atoms with E-state index < -0.39 is 18.0 Å². The Morgan fingerprint density at radius 1 is 1.30 bits per heavy atom. The van der Waals surface area contributed by atoms with Crippen molar-refractivity contribution in [3.05, 3.63) is 51.6 Å². The Morgan fingerprint density at radius 2 is 2.07 bits per heavy atom. The molecule has 1 amide bonds. The van der Waals surface area contributed by atoms with Gasteiger partial charge in [0.25, 0.3) is 5.91 Å². The molecule has 3 rings (SSSR count). The maximum absolute atomic E-state index is 12.1. The zero-order chi connectivity index (χ0) is 19.4. The fourth-order valence-electron chi connectivity index (χ4n) is 2.27. The van der Waals surface area contributed by atoms with E-state index in [4.69, 9.17) is 27.9 Å². The van der Waals surface area contributed by atoms with Crippen molar-refractivity contribution in [3.8, 4) is 0 Å². The minimum absolute atomic E-state index is 0.136. The maximum Gasteiger partial charge on any atom is 0.306 e. The van der Waals surface area contributed by atoms with Crippen LogP contribution in [0.5, 0.6) is 0 Å². The van der Waals surface area contributed by atoms with E-state index in [9.17, 15) is 9.59 Å². The number of aryl methyl sites for hydroxylation is 1. The minimum atomic E-state index is -0.985. The number of pyridine rings is 1. The molecule has 0 aliphatic heterocycles. The Bertz CT molecular complexity index is 960. The smallest absolute Gasteiger partial charge is 0.306 e. The molecule has 0 bridgehead atoms. The Hall–Kier alpha value is -2.22. The maximum atomic E-state index is 12.1. The van der Waals surface area contributed by atoms with Crippen LogP contribution < -0.4 is 5.32 Å². The molecule has 1 aromatic carbocycles. The highest BCUT2D eigenvalue weighted by atomic mass is 35.5. The SMILES string of the molecule is CC(OC(=O)CCc1nc2ccccc2s1)C(=O)Nc1ncc(Cl)cc1Cl. The van der Waals surface area contributed by atoms with Crippen LogP contribution in [0.2, 0.25) is 10.0 Å². The number of thiazole rings is 1. The van der Waals surface area contributed by atoms with E-state index in [0.717, 1.165) is 15.2 Å². The number of aromatic nitrogens is 2. The van der Waals surface area contributed by atoms with Crippen molar-refractivity contribution in [2.24, 2.45) is 0 Å². The lowest BCUT2D eigenvalue weighted by atomic mass is 10.3. The Balaban J connectivity index is 1.51. The van der Waals surface area contributed by atoms with Crippen LogP contribution in [-0.2, 0) is 20.7 Å². The average molecular weight is 424 g/mol. The Kier molecular flexibility index (Phi) is 6.26. The van der Waals surface area contributed by atoms with Crippen molar-refractivity contribution in [2.45, 2.75) is 25.9 Å². The first-order valence-electron chi connectivity index (χ1n) is 8.08. The third kappa shape index (κ3) is 5.15. The van der Waals surface area contributed by atoms with Crippen molar-refractivity contribution in [1.29, 1.82) is 0 Å². The average Bonchev–Trinajstić information content (AvgIpc) is 3.05. The van der Waals surface area contributed by atoms with Gasteiger partial charge >= 0.3 is 5.97 Å². The van der Waals surface area contributed by atoms with Gasteiger partial charge < -0.3 is 10.1 Å². The van der Waals surface area contributed by atoms with Crippen LogP contribution in [-0.4, -0.2) is 27.9 Å². The Labute approximate surface area is 169 Å². The molecule has 0 saturated carbocycles. The molecule has 2 heterocycles. The van der Waals surface area contributed by atoms with Crippen LogP contribution in [0.4, 0.5) is 5.82 Å². The van der Waals surface area contributed by atoms with Gasteiger partial charge in [0.15, 0.2) is 11.9 Å². The number of nitrogens with zero attached hydrogens (tertiary/aromatic N) is 2. The number of esters is 1. The second kappa shape index (κ2) is 8.65. The number of carbonyl (C=O) groups is 2. The second-order valence-corrected chi connectivity index (χ2v) is 7.64. The number of carbonyl (C=O) groups excluding carboxylic acids is 2. The highest BCUT2D eigenvalue weighted by Gasteiger charge is 2.19. The second-order valence-electron chi connectivity index (χ2n) is 5.68. The molecule has 140 valence electrons.